The summed E-state index contributed by atoms with van der Waals surface area (Å²) in [5.41, 5.74) is -0.0758. The van der Waals surface area contributed by atoms with Crippen molar-refractivity contribution in [3.05, 3.63) is 22.7 Å². The van der Waals surface area contributed by atoms with Crippen molar-refractivity contribution < 1.29 is 0 Å². The van der Waals surface area contributed by atoms with Crippen LogP contribution in [0.3, 0.4) is 0 Å². The molecule has 4 nitrogen and oxygen atoms in total. The lowest BCUT2D eigenvalue weighted by molar-refractivity contribution is 0.538. The van der Waals surface area contributed by atoms with Crippen LogP contribution >= 0.6 is 0 Å². The molecule has 0 spiro atoms. The summed E-state index contributed by atoms with van der Waals surface area (Å²) >= 11 is 0. The molecule has 1 unspecified atom stereocenters. The van der Waals surface area contributed by atoms with E-state index in [-0.39, 0.29) is 11.6 Å². The molecule has 0 aliphatic heterocycles. The minimum absolute atomic E-state index is 0.0758. The molecule has 0 aromatic carbocycles. The smallest absolute Gasteiger partial charge is 0.293 e. The van der Waals surface area contributed by atoms with E-state index in [0.717, 1.165) is 6.42 Å². The Bertz CT molecular complexity index is 370. The van der Waals surface area contributed by atoms with E-state index in [1.54, 1.807) is 19.4 Å². The van der Waals surface area contributed by atoms with Gasteiger partial charge in [0.15, 0.2) is 5.82 Å². The third kappa shape index (κ3) is 3.38. The first-order chi connectivity index (χ1) is 7.00. The van der Waals surface area contributed by atoms with Crippen LogP contribution in [-0.4, -0.2) is 15.6 Å². The van der Waals surface area contributed by atoms with E-state index in [1.165, 1.54) is 4.57 Å². The molecule has 1 atom stereocenters. The molecule has 15 heavy (non-hydrogen) atoms. The molecule has 84 valence electrons. The highest BCUT2D eigenvalue weighted by Gasteiger charge is 2.08. The minimum Gasteiger partial charge on any atom is -0.363 e. The van der Waals surface area contributed by atoms with E-state index in [2.05, 4.69) is 31.1 Å². The molecule has 0 aliphatic carbocycles. The van der Waals surface area contributed by atoms with Crippen molar-refractivity contribution in [2.24, 2.45) is 13.0 Å². The van der Waals surface area contributed by atoms with E-state index >= 15 is 0 Å². The maximum Gasteiger partial charge on any atom is 0.293 e. The Hall–Kier alpha value is -1.32. The molecule has 0 aliphatic rings. The van der Waals surface area contributed by atoms with Crippen LogP contribution in [0, 0.1) is 5.92 Å². The van der Waals surface area contributed by atoms with Crippen molar-refractivity contribution in [3.8, 4) is 0 Å². The molecule has 0 saturated heterocycles. The van der Waals surface area contributed by atoms with Gasteiger partial charge in [0.2, 0.25) is 0 Å². The first-order valence-electron chi connectivity index (χ1n) is 5.29. The molecule has 1 aromatic heterocycles. The number of hydrogen-bond donors (Lipinski definition) is 1. The zero-order valence-corrected chi connectivity index (χ0v) is 9.82. The van der Waals surface area contributed by atoms with Crippen LogP contribution in [0.15, 0.2) is 17.2 Å². The Labute approximate surface area is 90.3 Å². The fourth-order valence-corrected chi connectivity index (χ4v) is 1.60. The van der Waals surface area contributed by atoms with Crippen LogP contribution in [0.1, 0.15) is 27.2 Å². The SMILES string of the molecule is CC(C)CC(C)Nc1nccn(C)c1=O. The first-order valence-corrected chi connectivity index (χ1v) is 5.29. The molecule has 1 aromatic rings. The number of anilines is 1. The van der Waals surface area contributed by atoms with Gasteiger partial charge in [-0.2, -0.15) is 0 Å². The zero-order chi connectivity index (χ0) is 11.4. The predicted molar refractivity (Wildman–Crippen MR) is 62.0 cm³/mol. The van der Waals surface area contributed by atoms with Crippen LogP contribution in [-0.2, 0) is 7.05 Å². The largest absolute Gasteiger partial charge is 0.363 e. The molecule has 4 heteroatoms. The highest BCUT2D eigenvalue weighted by atomic mass is 16.1. The molecule has 0 amide bonds. The Morgan fingerprint density at radius 1 is 1.47 bits per heavy atom. The molecule has 0 fully saturated rings. The lowest BCUT2D eigenvalue weighted by Crippen LogP contribution is -2.27. The van der Waals surface area contributed by atoms with Crippen LogP contribution < -0.4 is 10.9 Å². The van der Waals surface area contributed by atoms with Crippen molar-refractivity contribution in [1.29, 1.82) is 0 Å². The second-order valence-electron chi connectivity index (χ2n) is 4.37. The summed E-state index contributed by atoms with van der Waals surface area (Å²) in [4.78, 5) is 15.7. The van der Waals surface area contributed by atoms with Crippen LogP contribution in [0.4, 0.5) is 5.82 Å². The average Bonchev–Trinajstić information content (AvgIpc) is 2.11. The fraction of sp³-hybridized carbons (Fsp3) is 0.636. The van der Waals surface area contributed by atoms with Gasteiger partial charge in [-0.05, 0) is 19.3 Å². The molecular formula is C11H19N3O. The van der Waals surface area contributed by atoms with E-state index in [0.29, 0.717) is 11.7 Å². The first kappa shape index (κ1) is 11.8. The molecule has 1 rings (SSSR count). The quantitative estimate of drug-likeness (QED) is 0.819. The van der Waals surface area contributed by atoms with Crippen LogP contribution in [0.5, 0.6) is 0 Å². The van der Waals surface area contributed by atoms with Gasteiger partial charge in [-0.15, -0.1) is 0 Å². The van der Waals surface area contributed by atoms with Gasteiger partial charge in [0.05, 0.1) is 0 Å². The summed E-state index contributed by atoms with van der Waals surface area (Å²) in [6, 6.07) is 0.271. The number of nitrogens with one attached hydrogen (secondary N) is 1. The van der Waals surface area contributed by atoms with Crippen LogP contribution in [0.2, 0.25) is 0 Å². The Balaban J connectivity index is 2.73. The Morgan fingerprint density at radius 3 is 2.73 bits per heavy atom. The van der Waals surface area contributed by atoms with Gasteiger partial charge in [-0.1, -0.05) is 13.8 Å². The van der Waals surface area contributed by atoms with Crippen LogP contribution in [0.25, 0.3) is 0 Å². The van der Waals surface area contributed by atoms with Crippen molar-refractivity contribution in [2.45, 2.75) is 33.2 Å². The van der Waals surface area contributed by atoms with Crippen molar-refractivity contribution in [1.82, 2.24) is 9.55 Å². The van der Waals surface area contributed by atoms with Gasteiger partial charge < -0.3 is 9.88 Å². The van der Waals surface area contributed by atoms with Gasteiger partial charge in [-0.25, -0.2) is 4.98 Å². The van der Waals surface area contributed by atoms with Gasteiger partial charge in [0.25, 0.3) is 5.56 Å². The highest BCUT2D eigenvalue weighted by Crippen LogP contribution is 2.07. The lowest BCUT2D eigenvalue weighted by Gasteiger charge is -2.16. The van der Waals surface area contributed by atoms with Gasteiger partial charge in [-0.3, -0.25) is 4.79 Å². The lowest BCUT2D eigenvalue weighted by atomic mass is 10.1. The number of hydrogen-bond acceptors (Lipinski definition) is 3. The number of aryl methyl sites for hydroxylation is 1. The van der Waals surface area contributed by atoms with Crippen molar-refractivity contribution in [3.63, 3.8) is 0 Å². The Kier molecular flexibility index (Phi) is 3.88. The standard InChI is InChI=1S/C11H19N3O/c1-8(2)7-9(3)13-10-11(15)14(4)6-5-12-10/h5-6,8-9H,7H2,1-4H3,(H,12,13). The summed E-state index contributed by atoms with van der Waals surface area (Å²) in [6.45, 7) is 6.39. The van der Waals surface area contributed by atoms with Gasteiger partial charge in [0, 0.05) is 25.5 Å². The summed E-state index contributed by atoms with van der Waals surface area (Å²) in [7, 11) is 1.72. The van der Waals surface area contributed by atoms with E-state index in [1.807, 2.05) is 0 Å². The molecule has 0 radical (unpaired) electrons. The summed E-state index contributed by atoms with van der Waals surface area (Å²) in [6.07, 6.45) is 4.31. The van der Waals surface area contributed by atoms with E-state index < -0.39 is 0 Å². The third-order valence-corrected chi connectivity index (χ3v) is 2.22. The third-order valence-electron chi connectivity index (χ3n) is 2.22. The van der Waals surface area contributed by atoms with E-state index in [9.17, 15) is 4.79 Å². The normalized spacial score (nSPS) is 12.9. The molecule has 0 bridgehead atoms. The molecule has 1 N–H and O–H groups in total. The monoisotopic (exact) mass is 209 g/mol. The van der Waals surface area contributed by atoms with E-state index in [4.69, 9.17) is 0 Å². The second kappa shape index (κ2) is 4.96. The predicted octanol–water partition coefficient (Wildman–Crippen LogP) is 1.63. The van der Waals surface area contributed by atoms with Crippen molar-refractivity contribution >= 4 is 5.82 Å². The summed E-state index contributed by atoms with van der Waals surface area (Å²) in [5.74, 6) is 1.05. The van der Waals surface area contributed by atoms with Gasteiger partial charge in [0.1, 0.15) is 0 Å². The minimum atomic E-state index is -0.0758. The zero-order valence-electron chi connectivity index (χ0n) is 9.82. The molecule has 1 heterocycles. The topological polar surface area (TPSA) is 46.9 Å². The maximum atomic E-state index is 11.6. The molecular weight excluding hydrogens is 190 g/mol. The average molecular weight is 209 g/mol. The number of nitrogens with zero attached hydrogens (tertiary/aromatic N) is 2. The Morgan fingerprint density at radius 2 is 2.13 bits per heavy atom. The number of aromatic nitrogens is 2. The highest BCUT2D eigenvalue weighted by molar-refractivity contribution is 5.31. The molecule has 0 saturated carbocycles. The second-order valence-corrected chi connectivity index (χ2v) is 4.37. The summed E-state index contributed by atoms with van der Waals surface area (Å²) < 4.78 is 1.53. The van der Waals surface area contributed by atoms with Crippen molar-refractivity contribution in [2.75, 3.05) is 5.32 Å². The van der Waals surface area contributed by atoms with Gasteiger partial charge >= 0.3 is 0 Å². The summed E-state index contributed by atoms with van der Waals surface area (Å²) in [5, 5.41) is 3.14. The fourth-order valence-electron chi connectivity index (χ4n) is 1.60. The maximum absolute atomic E-state index is 11.6. The number of rotatable bonds is 4.